The maximum absolute atomic E-state index is 13.2. The van der Waals surface area contributed by atoms with Crippen molar-refractivity contribution in [3.63, 3.8) is 0 Å². The minimum atomic E-state index is -0.735. The van der Waals surface area contributed by atoms with Crippen LogP contribution in [0.5, 0.6) is 5.88 Å². The summed E-state index contributed by atoms with van der Waals surface area (Å²) in [6.07, 6.45) is 3.06. The maximum atomic E-state index is 13.2. The average Bonchev–Trinajstić information content (AvgIpc) is 3.35. The zero-order chi connectivity index (χ0) is 21.4. The zero-order valence-corrected chi connectivity index (χ0v) is 16.7. The van der Waals surface area contributed by atoms with Crippen molar-refractivity contribution in [2.75, 3.05) is 12.4 Å². The number of nitrogens with two attached hydrogens (primary N) is 1. The predicted molar refractivity (Wildman–Crippen MR) is 109 cm³/mol. The van der Waals surface area contributed by atoms with E-state index >= 15 is 0 Å². The molecule has 0 aliphatic heterocycles. The fraction of sp³-hybridized carbons (Fsp3) is 0.105. The summed E-state index contributed by atoms with van der Waals surface area (Å²) < 4.78 is 7.80. The summed E-state index contributed by atoms with van der Waals surface area (Å²) >= 11 is 6.22. The van der Waals surface area contributed by atoms with E-state index in [-0.39, 0.29) is 28.8 Å². The van der Waals surface area contributed by atoms with E-state index in [0.717, 1.165) is 0 Å². The predicted octanol–water partition coefficient (Wildman–Crippen LogP) is 2.24. The molecule has 0 unspecified atom stereocenters. The second kappa shape index (κ2) is 7.48. The molecule has 2 amide bonds. The van der Waals surface area contributed by atoms with Gasteiger partial charge in [0.25, 0.3) is 11.8 Å². The molecule has 0 spiro atoms. The molecule has 4 rings (SSSR count). The van der Waals surface area contributed by atoms with Crippen molar-refractivity contribution in [3.8, 4) is 11.7 Å². The molecule has 0 atom stereocenters. The maximum Gasteiger partial charge on any atom is 0.274 e. The normalized spacial score (nSPS) is 10.9. The molecule has 0 saturated heterocycles. The molecule has 4 aromatic heterocycles. The lowest BCUT2D eigenvalue weighted by Crippen LogP contribution is -2.24. The fourth-order valence-corrected chi connectivity index (χ4v) is 3.28. The molecule has 0 aromatic carbocycles. The summed E-state index contributed by atoms with van der Waals surface area (Å²) in [4.78, 5) is 29.5. The topological polar surface area (TPSA) is 129 Å². The lowest BCUT2D eigenvalue weighted by molar-refractivity contribution is 0.0994. The summed E-state index contributed by atoms with van der Waals surface area (Å²) in [7, 11) is 1.43. The van der Waals surface area contributed by atoms with Crippen LogP contribution in [0, 0.1) is 6.92 Å². The largest absolute Gasteiger partial charge is 0.480 e. The quantitative estimate of drug-likeness (QED) is 0.504. The number of primary amides is 1. The molecule has 10 nitrogen and oxygen atoms in total. The molecule has 3 N–H and O–H groups in total. The number of nitrogens with one attached hydrogen (secondary N) is 1. The minimum Gasteiger partial charge on any atom is -0.480 e. The number of anilines is 1. The van der Waals surface area contributed by atoms with Gasteiger partial charge in [-0.3, -0.25) is 9.59 Å². The van der Waals surface area contributed by atoms with Gasteiger partial charge < -0.3 is 15.8 Å². The van der Waals surface area contributed by atoms with E-state index in [1.165, 1.54) is 34.8 Å². The standard InChI is InChI=1S/C19H16ClN7O3/c1-10-8-11-5-7-23-26(11)16(17(21)28)15(10)24-19(29)13-9-14(30-2)25-27(13)18-12(20)4-3-6-22-18/h3-9H,1-2H3,(H2,21,28)(H,24,29). The molecule has 4 aromatic rings. The number of hydrogen-bond donors (Lipinski definition) is 2. The third-order valence-corrected chi connectivity index (χ3v) is 4.71. The first-order valence-corrected chi connectivity index (χ1v) is 9.12. The highest BCUT2D eigenvalue weighted by molar-refractivity contribution is 6.32. The number of carbonyl (C=O) groups excluding carboxylic acids is 2. The van der Waals surface area contributed by atoms with Gasteiger partial charge in [-0.05, 0) is 36.8 Å². The van der Waals surface area contributed by atoms with Crippen molar-refractivity contribution in [3.05, 3.63) is 64.7 Å². The number of aromatic nitrogens is 5. The monoisotopic (exact) mass is 425 g/mol. The van der Waals surface area contributed by atoms with Gasteiger partial charge in [0.1, 0.15) is 5.69 Å². The number of rotatable bonds is 5. The van der Waals surface area contributed by atoms with Crippen LogP contribution in [0.3, 0.4) is 0 Å². The molecule has 4 heterocycles. The number of nitrogens with zero attached hydrogens (tertiary/aromatic N) is 5. The van der Waals surface area contributed by atoms with Gasteiger partial charge in [0, 0.05) is 12.3 Å². The number of fused-ring (bicyclic) bond motifs is 1. The van der Waals surface area contributed by atoms with Gasteiger partial charge in [-0.1, -0.05) is 11.6 Å². The summed E-state index contributed by atoms with van der Waals surface area (Å²) in [5.41, 5.74) is 7.28. The van der Waals surface area contributed by atoms with Gasteiger partial charge in [0.05, 0.1) is 29.5 Å². The van der Waals surface area contributed by atoms with Crippen molar-refractivity contribution in [2.24, 2.45) is 5.73 Å². The van der Waals surface area contributed by atoms with Gasteiger partial charge in [0.2, 0.25) is 5.88 Å². The number of hydrogen-bond acceptors (Lipinski definition) is 6. The Bertz CT molecular complexity index is 1290. The van der Waals surface area contributed by atoms with E-state index < -0.39 is 11.8 Å². The highest BCUT2D eigenvalue weighted by Crippen LogP contribution is 2.26. The van der Waals surface area contributed by atoms with Crippen LogP contribution in [0.25, 0.3) is 11.3 Å². The molecule has 152 valence electrons. The molecule has 0 radical (unpaired) electrons. The molecule has 11 heteroatoms. The summed E-state index contributed by atoms with van der Waals surface area (Å²) in [6.45, 7) is 1.75. The molecular formula is C19H16ClN7O3. The minimum absolute atomic E-state index is 0.0530. The third-order valence-electron chi connectivity index (χ3n) is 4.42. The molecule has 0 bridgehead atoms. The molecular weight excluding hydrogens is 410 g/mol. The lowest BCUT2D eigenvalue weighted by atomic mass is 10.1. The summed E-state index contributed by atoms with van der Waals surface area (Å²) in [6, 6.07) is 8.23. The SMILES string of the molecule is COc1cc(C(=O)Nc2c(C)cc3ccnn3c2C(N)=O)n(-c2ncccc2Cl)n1. The Balaban J connectivity index is 1.82. The Labute approximate surface area is 175 Å². The van der Waals surface area contributed by atoms with Crippen molar-refractivity contribution in [1.82, 2.24) is 24.4 Å². The van der Waals surface area contributed by atoms with Crippen LogP contribution < -0.4 is 15.8 Å². The fourth-order valence-electron chi connectivity index (χ4n) is 3.07. The number of pyridine rings is 2. The Hall–Kier alpha value is -3.92. The lowest BCUT2D eigenvalue weighted by Gasteiger charge is -2.14. The van der Waals surface area contributed by atoms with Gasteiger partial charge >= 0.3 is 0 Å². The second-order valence-electron chi connectivity index (χ2n) is 6.33. The van der Waals surface area contributed by atoms with Gasteiger partial charge in [0.15, 0.2) is 11.5 Å². The smallest absolute Gasteiger partial charge is 0.274 e. The first kappa shape index (κ1) is 19.4. The van der Waals surface area contributed by atoms with Crippen LogP contribution in [0.2, 0.25) is 5.02 Å². The van der Waals surface area contributed by atoms with Crippen LogP contribution in [0.15, 0.2) is 42.7 Å². The van der Waals surface area contributed by atoms with E-state index in [1.54, 1.807) is 31.2 Å². The van der Waals surface area contributed by atoms with Crippen molar-refractivity contribution in [1.29, 1.82) is 0 Å². The van der Waals surface area contributed by atoms with Crippen molar-refractivity contribution < 1.29 is 14.3 Å². The highest BCUT2D eigenvalue weighted by atomic mass is 35.5. The Morgan fingerprint density at radius 2 is 2.03 bits per heavy atom. The number of methoxy groups -OCH3 is 1. The summed E-state index contributed by atoms with van der Waals surface area (Å²) in [5.74, 6) is -0.857. The van der Waals surface area contributed by atoms with Crippen LogP contribution >= 0.6 is 11.6 Å². The van der Waals surface area contributed by atoms with E-state index in [2.05, 4.69) is 20.5 Å². The van der Waals surface area contributed by atoms with Crippen LogP contribution in [-0.4, -0.2) is 43.3 Å². The zero-order valence-electron chi connectivity index (χ0n) is 16.0. The Morgan fingerprint density at radius 1 is 1.23 bits per heavy atom. The average molecular weight is 426 g/mol. The molecule has 0 fully saturated rings. The van der Waals surface area contributed by atoms with E-state index in [1.807, 2.05) is 0 Å². The van der Waals surface area contributed by atoms with E-state index in [0.29, 0.717) is 16.1 Å². The van der Waals surface area contributed by atoms with Crippen LogP contribution in [0.4, 0.5) is 5.69 Å². The molecule has 0 saturated carbocycles. The van der Waals surface area contributed by atoms with Crippen LogP contribution in [0.1, 0.15) is 26.5 Å². The van der Waals surface area contributed by atoms with Gasteiger partial charge in [-0.15, -0.1) is 5.10 Å². The summed E-state index contributed by atoms with van der Waals surface area (Å²) in [5, 5.41) is 11.4. The molecule has 0 aliphatic carbocycles. The molecule has 30 heavy (non-hydrogen) atoms. The van der Waals surface area contributed by atoms with Crippen LogP contribution in [-0.2, 0) is 0 Å². The van der Waals surface area contributed by atoms with E-state index in [9.17, 15) is 9.59 Å². The first-order valence-electron chi connectivity index (χ1n) is 8.74. The van der Waals surface area contributed by atoms with Crippen molar-refractivity contribution >= 4 is 34.6 Å². The third kappa shape index (κ3) is 3.22. The number of halogens is 1. The number of aryl methyl sites for hydroxylation is 1. The van der Waals surface area contributed by atoms with E-state index in [4.69, 9.17) is 22.1 Å². The highest BCUT2D eigenvalue weighted by Gasteiger charge is 2.24. The first-order chi connectivity index (χ1) is 14.4. The number of ether oxygens (including phenoxy) is 1. The van der Waals surface area contributed by atoms with Gasteiger partial charge in [-0.25, -0.2) is 14.2 Å². The van der Waals surface area contributed by atoms with Crippen molar-refractivity contribution in [2.45, 2.75) is 6.92 Å². The number of amides is 2. The second-order valence-corrected chi connectivity index (χ2v) is 6.74. The Morgan fingerprint density at radius 3 is 2.73 bits per heavy atom. The molecule has 0 aliphatic rings. The Kier molecular flexibility index (Phi) is 4.84. The number of carbonyl (C=O) groups is 2. The van der Waals surface area contributed by atoms with Gasteiger partial charge in [-0.2, -0.15) is 5.10 Å².